The molecular formula is C8H8N4O2. The number of aromatic nitrogens is 2. The summed E-state index contributed by atoms with van der Waals surface area (Å²) in [4.78, 5) is 10.1. The zero-order chi connectivity index (χ0) is 10.3. The van der Waals surface area contributed by atoms with Crippen LogP contribution in [0.3, 0.4) is 0 Å². The molecule has 0 saturated heterocycles. The second-order valence-electron chi connectivity index (χ2n) is 3.44. The van der Waals surface area contributed by atoms with Crippen molar-refractivity contribution in [2.24, 2.45) is 0 Å². The van der Waals surface area contributed by atoms with Crippen LogP contribution in [-0.4, -0.2) is 14.7 Å². The molecule has 0 aliphatic heterocycles. The van der Waals surface area contributed by atoms with E-state index in [1.165, 1.54) is 10.9 Å². The molecule has 1 saturated carbocycles. The summed E-state index contributed by atoms with van der Waals surface area (Å²) in [5, 5.41) is 23.4. The summed E-state index contributed by atoms with van der Waals surface area (Å²) < 4.78 is 1.42. The fraction of sp³-hybridized carbons (Fsp3) is 0.500. The van der Waals surface area contributed by atoms with Crippen LogP contribution in [0.1, 0.15) is 18.5 Å². The Morgan fingerprint density at radius 3 is 2.79 bits per heavy atom. The van der Waals surface area contributed by atoms with Crippen LogP contribution >= 0.6 is 0 Å². The molecule has 1 aromatic rings. The van der Waals surface area contributed by atoms with E-state index in [0.29, 0.717) is 5.69 Å². The fourth-order valence-electron chi connectivity index (χ4n) is 1.36. The first-order valence-corrected chi connectivity index (χ1v) is 4.21. The minimum atomic E-state index is -0.612. The van der Waals surface area contributed by atoms with E-state index in [9.17, 15) is 10.1 Å². The molecule has 0 bridgehead atoms. The highest BCUT2D eigenvalue weighted by Gasteiger charge is 2.47. The lowest BCUT2D eigenvalue weighted by atomic mass is 10.3. The molecule has 0 N–H and O–H groups in total. The van der Waals surface area contributed by atoms with E-state index in [-0.39, 0.29) is 5.69 Å². The van der Waals surface area contributed by atoms with Gasteiger partial charge in [-0.15, -0.1) is 0 Å². The first-order chi connectivity index (χ1) is 6.59. The van der Waals surface area contributed by atoms with Gasteiger partial charge in [0, 0.05) is 0 Å². The lowest BCUT2D eigenvalue weighted by Gasteiger charge is -2.03. The Bertz CT molecular complexity index is 439. The standard InChI is InChI=1S/C8H8N4O2/c1-6-7(12(13)14)4-11(10-6)8(5-9)2-3-8/h4H,2-3H2,1H3. The van der Waals surface area contributed by atoms with Crippen molar-refractivity contribution in [1.82, 2.24) is 9.78 Å². The smallest absolute Gasteiger partial charge is 0.258 e. The normalized spacial score (nSPS) is 17.4. The Morgan fingerprint density at radius 1 is 1.79 bits per heavy atom. The van der Waals surface area contributed by atoms with Crippen LogP contribution in [0.15, 0.2) is 6.20 Å². The Balaban J connectivity index is 2.44. The van der Waals surface area contributed by atoms with Gasteiger partial charge in [-0.1, -0.05) is 0 Å². The lowest BCUT2D eigenvalue weighted by molar-refractivity contribution is -0.385. The molecule has 14 heavy (non-hydrogen) atoms. The molecule has 1 aliphatic rings. The number of aryl methyl sites for hydroxylation is 1. The number of hydrogen-bond donors (Lipinski definition) is 0. The summed E-state index contributed by atoms with van der Waals surface area (Å²) >= 11 is 0. The average molecular weight is 192 g/mol. The zero-order valence-corrected chi connectivity index (χ0v) is 7.60. The summed E-state index contributed by atoms with van der Waals surface area (Å²) in [7, 11) is 0. The third-order valence-corrected chi connectivity index (χ3v) is 2.44. The van der Waals surface area contributed by atoms with E-state index in [0.717, 1.165) is 12.8 Å². The molecule has 0 radical (unpaired) electrons. The van der Waals surface area contributed by atoms with E-state index in [1.54, 1.807) is 6.92 Å². The number of nitro groups is 1. The maximum absolute atomic E-state index is 10.5. The molecule has 2 rings (SSSR count). The molecule has 0 aromatic carbocycles. The van der Waals surface area contributed by atoms with Gasteiger partial charge in [0.25, 0.3) is 0 Å². The molecule has 6 nitrogen and oxygen atoms in total. The molecule has 1 aliphatic carbocycles. The Labute approximate surface area is 79.9 Å². The van der Waals surface area contributed by atoms with E-state index in [1.807, 2.05) is 0 Å². The molecule has 0 spiro atoms. The molecule has 1 heterocycles. The van der Waals surface area contributed by atoms with Crippen molar-refractivity contribution in [3.05, 3.63) is 22.0 Å². The van der Waals surface area contributed by atoms with Gasteiger partial charge in [-0.3, -0.25) is 10.1 Å². The van der Waals surface area contributed by atoms with E-state index >= 15 is 0 Å². The van der Waals surface area contributed by atoms with Crippen LogP contribution in [0, 0.1) is 28.4 Å². The molecule has 6 heteroatoms. The van der Waals surface area contributed by atoms with Crippen molar-refractivity contribution in [2.45, 2.75) is 25.3 Å². The van der Waals surface area contributed by atoms with E-state index in [4.69, 9.17) is 5.26 Å². The molecule has 0 unspecified atom stereocenters. The van der Waals surface area contributed by atoms with Crippen molar-refractivity contribution < 1.29 is 4.92 Å². The maximum Gasteiger partial charge on any atom is 0.309 e. The number of hydrogen-bond acceptors (Lipinski definition) is 4. The van der Waals surface area contributed by atoms with Gasteiger partial charge in [-0.05, 0) is 19.8 Å². The second kappa shape index (κ2) is 2.54. The SMILES string of the molecule is Cc1nn(C2(C#N)CC2)cc1[N+](=O)[O-]. The van der Waals surface area contributed by atoms with Crippen LogP contribution in [0.4, 0.5) is 5.69 Å². The third-order valence-electron chi connectivity index (χ3n) is 2.44. The van der Waals surface area contributed by atoms with Gasteiger partial charge in [0.1, 0.15) is 17.4 Å². The first kappa shape index (κ1) is 8.69. The zero-order valence-electron chi connectivity index (χ0n) is 7.60. The van der Waals surface area contributed by atoms with Crippen LogP contribution < -0.4 is 0 Å². The van der Waals surface area contributed by atoms with Gasteiger partial charge in [0.05, 0.1) is 11.0 Å². The topological polar surface area (TPSA) is 84.8 Å². The van der Waals surface area contributed by atoms with Gasteiger partial charge in [0.15, 0.2) is 0 Å². The average Bonchev–Trinajstić information content (AvgIpc) is 2.84. The van der Waals surface area contributed by atoms with Crippen molar-refractivity contribution in [1.29, 1.82) is 5.26 Å². The molecule has 0 atom stereocenters. The molecule has 1 fully saturated rings. The van der Waals surface area contributed by atoms with E-state index < -0.39 is 10.5 Å². The van der Waals surface area contributed by atoms with E-state index in [2.05, 4.69) is 11.2 Å². The molecule has 1 aromatic heterocycles. The Hall–Kier alpha value is -1.90. The van der Waals surface area contributed by atoms with Crippen molar-refractivity contribution in [3.63, 3.8) is 0 Å². The Kier molecular flexibility index (Phi) is 1.58. The summed E-state index contributed by atoms with van der Waals surface area (Å²) in [5.74, 6) is 0. The largest absolute Gasteiger partial charge is 0.309 e. The fourth-order valence-corrected chi connectivity index (χ4v) is 1.36. The number of nitriles is 1. The highest BCUT2D eigenvalue weighted by Crippen LogP contribution is 2.43. The second-order valence-corrected chi connectivity index (χ2v) is 3.44. The monoisotopic (exact) mass is 192 g/mol. The summed E-state index contributed by atoms with van der Waals surface area (Å²) in [6.07, 6.45) is 2.79. The summed E-state index contributed by atoms with van der Waals surface area (Å²) in [6, 6.07) is 2.13. The number of rotatable bonds is 2. The van der Waals surface area contributed by atoms with Gasteiger partial charge in [-0.25, -0.2) is 4.68 Å². The highest BCUT2D eigenvalue weighted by atomic mass is 16.6. The van der Waals surface area contributed by atoms with Crippen LogP contribution in [0.5, 0.6) is 0 Å². The highest BCUT2D eigenvalue weighted by molar-refractivity contribution is 5.33. The van der Waals surface area contributed by atoms with Crippen LogP contribution in [0.25, 0.3) is 0 Å². The van der Waals surface area contributed by atoms with Gasteiger partial charge in [-0.2, -0.15) is 10.4 Å². The molecule has 0 amide bonds. The van der Waals surface area contributed by atoms with Crippen LogP contribution in [0.2, 0.25) is 0 Å². The number of nitrogens with zero attached hydrogens (tertiary/aromatic N) is 4. The van der Waals surface area contributed by atoms with Crippen molar-refractivity contribution >= 4 is 5.69 Å². The summed E-state index contributed by atoms with van der Waals surface area (Å²) in [6.45, 7) is 1.57. The van der Waals surface area contributed by atoms with Crippen molar-refractivity contribution in [2.75, 3.05) is 0 Å². The minimum Gasteiger partial charge on any atom is -0.258 e. The Morgan fingerprint density at radius 2 is 2.43 bits per heavy atom. The maximum atomic E-state index is 10.5. The predicted molar refractivity (Wildman–Crippen MR) is 46.4 cm³/mol. The molecular weight excluding hydrogens is 184 g/mol. The minimum absolute atomic E-state index is 0.0217. The molecule has 72 valence electrons. The van der Waals surface area contributed by atoms with Crippen molar-refractivity contribution in [3.8, 4) is 6.07 Å². The first-order valence-electron chi connectivity index (χ1n) is 4.21. The van der Waals surface area contributed by atoms with Gasteiger partial charge in [0.2, 0.25) is 0 Å². The predicted octanol–water partition coefficient (Wildman–Crippen LogP) is 1.11. The third kappa shape index (κ3) is 1.06. The lowest BCUT2D eigenvalue weighted by Crippen LogP contribution is -2.14. The van der Waals surface area contributed by atoms with Gasteiger partial charge >= 0.3 is 5.69 Å². The van der Waals surface area contributed by atoms with Gasteiger partial charge < -0.3 is 0 Å². The van der Waals surface area contributed by atoms with Crippen LogP contribution in [-0.2, 0) is 5.54 Å². The summed E-state index contributed by atoms with van der Waals surface area (Å²) in [5.41, 5.74) is -0.276. The quantitative estimate of drug-likeness (QED) is 0.519.